The Kier molecular flexibility index (Phi) is 6.75. The van der Waals surface area contributed by atoms with Gasteiger partial charge < -0.3 is 20.5 Å². The number of pyridine rings is 1. The number of aliphatic hydroxyl groups is 1. The second kappa shape index (κ2) is 8.43. The van der Waals surface area contributed by atoms with Crippen molar-refractivity contribution in [2.75, 3.05) is 38.2 Å². The fourth-order valence-corrected chi connectivity index (χ4v) is 1.35. The Morgan fingerprint density at radius 3 is 3.06 bits per heavy atom. The van der Waals surface area contributed by atoms with Gasteiger partial charge >= 0.3 is 0 Å². The molecule has 1 amide bonds. The molecule has 0 saturated carbocycles. The molecule has 100 valence electrons. The predicted octanol–water partition coefficient (Wildman–Crippen LogP) is 0.252. The van der Waals surface area contributed by atoms with Crippen molar-refractivity contribution in [2.24, 2.45) is 0 Å². The summed E-state index contributed by atoms with van der Waals surface area (Å²) < 4.78 is 5.11. The minimum atomic E-state index is -0.183. The summed E-state index contributed by atoms with van der Waals surface area (Å²) >= 11 is 0. The number of anilines is 1. The van der Waals surface area contributed by atoms with Crippen molar-refractivity contribution in [1.29, 1.82) is 0 Å². The normalized spacial score (nSPS) is 10.1. The van der Waals surface area contributed by atoms with Crippen LogP contribution in [0.1, 0.15) is 17.4 Å². The standard InChI is InChI=1S/C12H19N3O3/c1-2-13-12(17)11-9-10(3-4-15-11)14-5-7-18-8-6-16/h3-4,9,16H,2,5-8H2,1H3,(H,13,17)(H,14,15). The lowest BCUT2D eigenvalue weighted by molar-refractivity contribution is 0.0951. The first kappa shape index (κ1) is 14.4. The minimum Gasteiger partial charge on any atom is -0.394 e. The molecule has 0 spiro atoms. The molecular weight excluding hydrogens is 234 g/mol. The molecule has 6 heteroatoms. The molecule has 6 nitrogen and oxygen atoms in total. The molecule has 0 aromatic carbocycles. The Balaban J connectivity index is 2.42. The van der Waals surface area contributed by atoms with Crippen LogP contribution in [-0.2, 0) is 4.74 Å². The van der Waals surface area contributed by atoms with Crippen LogP contribution in [-0.4, -0.2) is 48.9 Å². The third-order valence-corrected chi connectivity index (χ3v) is 2.14. The second-order valence-electron chi connectivity index (χ2n) is 3.55. The maximum absolute atomic E-state index is 11.6. The van der Waals surface area contributed by atoms with Crippen molar-refractivity contribution in [2.45, 2.75) is 6.92 Å². The van der Waals surface area contributed by atoms with Crippen molar-refractivity contribution >= 4 is 11.6 Å². The molecule has 0 radical (unpaired) electrons. The van der Waals surface area contributed by atoms with Crippen LogP contribution in [0.2, 0.25) is 0 Å². The fraction of sp³-hybridized carbons (Fsp3) is 0.500. The number of ether oxygens (including phenoxy) is 1. The van der Waals surface area contributed by atoms with Gasteiger partial charge in [-0.2, -0.15) is 0 Å². The highest BCUT2D eigenvalue weighted by Gasteiger charge is 2.05. The number of amides is 1. The quantitative estimate of drug-likeness (QED) is 0.578. The number of hydrogen-bond acceptors (Lipinski definition) is 5. The summed E-state index contributed by atoms with van der Waals surface area (Å²) in [6.07, 6.45) is 1.58. The summed E-state index contributed by atoms with van der Waals surface area (Å²) in [5, 5.41) is 14.3. The smallest absolute Gasteiger partial charge is 0.269 e. The topological polar surface area (TPSA) is 83.5 Å². The highest BCUT2D eigenvalue weighted by molar-refractivity contribution is 5.93. The summed E-state index contributed by atoms with van der Waals surface area (Å²) in [6.45, 7) is 3.91. The molecule has 0 aliphatic heterocycles. The molecule has 1 rings (SSSR count). The zero-order valence-corrected chi connectivity index (χ0v) is 10.5. The van der Waals surface area contributed by atoms with E-state index in [1.165, 1.54) is 0 Å². The second-order valence-corrected chi connectivity index (χ2v) is 3.55. The van der Waals surface area contributed by atoms with E-state index in [0.29, 0.717) is 32.0 Å². The molecule has 1 aromatic heterocycles. The zero-order valence-electron chi connectivity index (χ0n) is 10.5. The van der Waals surface area contributed by atoms with Gasteiger partial charge in [0.25, 0.3) is 5.91 Å². The van der Waals surface area contributed by atoms with Crippen LogP contribution in [0.25, 0.3) is 0 Å². The molecule has 3 N–H and O–H groups in total. The molecule has 18 heavy (non-hydrogen) atoms. The maximum atomic E-state index is 11.6. The Labute approximate surface area is 106 Å². The van der Waals surface area contributed by atoms with Crippen LogP contribution in [0.3, 0.4) is 0 Å². The Morgan fingerprint density at radius 2 is 2.33 bits per heavy atom. The van der Waals surface area contributed by atoms with E-state index in [9.17, 15) is 4.79 Å². The first-order valence-corrected chi connectivity index (χ1v) is 5.94. The first-order valence-electron chi connectivity index (χ1n) is 5.94. The van der Waals surface area contributed by atoms with Gasteiger partial charge in [0.05, 0.1) is 19.8 Å². The Hall–Kier alpha value is -1.66. The van der Waals surface area contributed by atoms with Gasteiger partial charge in [0, 0.05) is 25.0 Å². The van der Waals surface area contributed by atoms with Gasteiger partial charge in [-0.3, -0.25) is 9.78 Å². The SMILES string of the molecule is CCNC(=O)c1cc(NCCOCCO)ccn1. The highest BCUT2D eigenvalue weighted by atomic mass is 16.5. The molecule has 0 bridgehead atoms. The summed E-state index contributed by atoms with van der Waals surface area (Å²) in [4.78, 5) is 15.6. The third-order valence-electron chi connectivity index (χ3n) is 2.14. The number of nitrogens with zero attached hydrogens (tertiary/aromatic N) is 1. The summed E-state index contributed by atoms with van der Waals surface area (Å²) in [5.41, 5.74) is 1.21. The van der Waals surface area contributed by atoms with Crippen molar-refractivity contribution in [3.05, 3.63) is 24.0 Å². The van der Waals surface area contributed by atoms with Crippen LogP contribution >= 0.6 is 0 Å². The van der Waals surface area contributed by atoms with Gasteiger partial charge in [0.15, 0.2) is 0 Å². The van der Waals surface area contributed by atoms with Crippen molar-refractivity contribution in [3.8, 4) is 0 Å². The average Bonchev–Trinajstić information content (AvgIpc) is 2.39. The molecule has 0 fully saturated rings. The average molecular weight is 253 g/mol. The van der Waals surface area contributed by atoms with Gasteiger partial charge in [0.2, 0.25) is 0 Å². The maximum Gasteiger partial charge on any atom is 0.269 e. The predicted molar refractivity (Wildman–Crippen MR) is 68.6 cm³/mol. The number of aliphatic hydroxyl groups excluding tert-OH is 1. The van der Waals surface area contributed by atoms with E-state index in [-0.39, 0.29) is 12.5 Å². The van der Waals surface area contributed by atoms with E-state index in [4.69, 9.17) is 9.84 Å². The van der Waals surface area contributed by atoms with Crippen LogP contribution < -0.4 is 10.6 Å². The monoisotopic (exact) mass is 253 g/mol. The van der Waals surface area contributed by atoms with E-state index in [1.807, 2.05) is 6.92 Å². The largest absolute Gasteiger partial charge is 0.394 e. The van der Waals surface area contributed by atoms with Crippen molar-refractivity contribution < 1.29 is 14.6 Å². The molecule has 0 aliphatic carbocycles. The fourth-order valence-electron chi connectivity index (χ4n) is 1.35. The van der Waals surface area contributed by atoms with E-state index in [1.54, 1.807) is 18.3 Å². The lowest BCUT2D eigenvalue weighted by Gasteiger charge is -2.08. The Bertz CT molecular complexity index is 371. The molecule has 1 heterocycles. The molecule has 0 saturated heterocycles. The van der Waals surface area contributed by atoms with Crippen LogP contribution in [0.4, 0.5) is 5.69 Å². The number of carbonyl (C=O) groups excluding carboxylic acids is 1. The first-order chi connectivity index (χ1) is 8.77. The lowest BCUT2D eigenvalue weighted by atomic mass is 10.3. The van der Waals surface area contributed by atoms with Gasteiger partial charge in [-0.15, -0.1) is 0 Å². The molecule has 0 unspecified atom stereocenters. The van der Waals surface area contributed by atoms with Gasteiger partial charge in [0.1, 0.15) is 5.69 Å². The number of rotatable bonds is 8. The van der Waals surface area contributed by atoms with Gasteiger partial charge in [-0.05, 0) is 19.1 Å². The Morgan fingerprint density at radius 1 is 1.50 bits per heavy atom. The van der Waals surface area contributed by atoms with E-state index in [2.05, 4.69) is 15.6 Å². The van der Waals surface area contributed by atoms with E-state index < -0.39 is 0 Å². The summed E-state index contributed by atoms with van der Waals surface area (Å²) in [7, 11) is 0. The van der Waals surface area contributed by atoms with Crippen LogP contribution in [0, 0.1) is 0 Å². The molecular formula is C12H19N3O3. The van der Waals surface area contributed by atoms with Gasteiger partial charge in [-0.1, -0.05) is 0 Å². The van der Waals surface area contributed by atoms with Crippen LogP contribution in [0.5, 0.6) is 0 Å². The molecule has 0 atom stereocenters. The molecule has 1 aromatic rings. The highest BCUT2D eigenvalue weighted by Crippen LogP contribution is 2.07. The third kappa shape index (κ3) is 5.11. The lowest BCUT2D eigenvalue weighted by Crippen LogP contribution is -2.23. The number of nitrogens with one attached hydrogen (secondary N) is 2. The van der Waals surface area contributed by atoms with E-state index >= 15 is 0 Å². The van der Waals surface area contributed by atoms with Crippen molar-refractivity contribution in [3.63, 3.8) is 0 Å². The van der Waals surface area contributed by atoms with Crippen LogP contribution in [0.15, 0.2) is 18.3 Å². The molecule has 0 aliphatic rings. The minimum absolute atomic E-state index is 0.0244. The summed E-state index contributed by atoms with van der Waals surface area (Å²) in [5.74, 6) is -0.183. The zero-order chi connectivity index (χ0) is 13.2. The number of aromatic nitrogens is 1. The summed E-state index contributed by atoms with van der Waals surface area (Å²) in [6, 6.07) is 3.48. The van der Waals surface area contributed by atoms with Gasteiger partial charge in [-0.25, -0.2) is 0 Å². The van der Waals surface area contributed by atoms with E-state index in [0.717, 1.165) is 5.69 Å². The number of carbonyl (C=O) groups is 1. The van der Waals surface area contributed by atoms with Crippen molar-refractivity contribution in [1.82, 2.24) is 10.3 Å². The number of hydrogen-bond donors (Lipinski definition) is 3.